The molecule has 1 aromatic rings. The molecule has 16 heavy (non-hydrogen) atoms. The van der Waals surface area contributed by atoms with Crippen molar-refractivity contribution in [3.63, 3.8) is 0 Å². The summed E-state index contributed by atoms with van der Waals surface area (Å²) in [5.74, 6) is 1.28. The molecule has 0 bridgehead atoms. The lowest BCUT2D eigenvalue weighted by Crippen LogP contribution is -2.24. The Balaban J connectivity index is 1.84. The minimum atomic E-state index is -0.248. The molecule has 1 aliphatic heterocycles. The van der Waals surface area contributed by atoms with Gasteiger partial charge >= 0.3 is 0 Å². The fourth-order valence-electron chi connectivity index (χ4n) is 2.69. The van der Waals surface area contributed by atoms with Crippen molar-refractivity contribution in [2.24, 2.45) is 4.99 Å². The topological polar surface area (TPSA) is 44.6 Å². The molecule has 3 rings (SSSR count). The summed E-state index contributed by atoms with van der Waals surface area (Å²) < 4.78 is 0. The van der Waals surface area contributed by atoms with E-state index < -0.39 is 0 Å². The monoisotopic (exact) mass is 216 g/mol. The van der Waals surface area contributed by atoms with Gasteiger partial charge in [-0.25, -0.2) is 0 Å². The first-order chi connectivity index (χ1) is 7.84. The number of hydrogen-bond acceptors (Lipinski definition) is 3. The van der Waals surface area contributed by atoms with E-state index in [-0.39, 0.29) is 12.0 Å². The maximum absolute atomic E-state index is 10.1. The van der Waals surface area contributed by atoms with E-state index in [1.54, 1.807) is 0 Å². The lowest BCUT2D eigenvalue weighted by molar-refractivity contribution is 0.158. The van der Waals surface area contributed by atoms with Crippen molar-refractivity contribution in [3.05, 3.63) is 35.4 Å². The van der Waals surface area contributed by atoms with E-state index in [1.165, 1.54) is 11.1 Å². The number of fused-ring (bicyclic) bond motifs is 1. The lowest BCUT2D eigenvalue weighted by Gasteiger charge is -2.15. The molecule has 0 spiro atoms. The number of nitrogens with one attached hydrogen (secondary N) is 1. The number of hydrogen-bond donors (Lipinski definition) is 2. The Hall–Kier alpha value is -1.35. The highest BCUT2D eigenvalue weighted by molar-refractivity contribution is 5.84. The first-order valence-electron chi connectivity index (χ1n) is 5.87. The third-order valence-corrected chi connectivity index (χ3v) is 3.50. The molecular weight excluding hydrogens is 200 g/mol. The molecule has 0 radical (unpaired) electrons. The van der Waals surface area contributed by atoms with Gasteiger partial charge in [0, 0.05) is 18.9 Å². The molecule has 0 saturated heterocycles. The largest absolute Gasteiger partial charge is 0.392 e. The van der Waals surface area contributed by atoms with Crippen LogP contribution in [0.25, 0.3) is 0 Å². The van der Waals surface area contributed by atoms with Crippen LogP contribution in [0.1, 0.15) is 23.5 Å². The van der Waals surface area contributed by atoms with Crippen LogP contribution in [0, 0.1) is 0 Å². The van der Waals surface area contributed by atoms with Gasteiger partial charge in [-0.05, 0) is 17.5 Å². The predicted octanol–water partition coefficient (Wildman–Crippen LogP) is 1.08. The lowest BCUT2D eigenvalue weighted by atomic mass is 9.96. The molecule has 0 unspecified atom stereocenters. The molecule has 2 aliphatic rings. The van der Waals surface area contributed by atoms with Crippen LogP contribution < -0.4 is 5.32 Å². The van der Waals surface area contributed by atoms with Crippen molar-refractivity contribution in [3.8, 4) is 0 Å². The van der Waals surface area contributed by atoms with Crippen LogP contribution in [0.2, 0.25) is 0 Å². The van der Waals surface area contributed by atoms with E-state index >= 15 is 0 Å². The standard InChI is InChI=1S/C13H16N2O/c16-12-7-9-3-1-2-4-10(9)11(12)8-13-14-5-6-15-13/h1-4,11-12,16H,5-8H2,(H,14,15)/t11-,12-/m1/s1. The number of amidine groups is 1. The van der Waals surface area contributed by atoms with Crippen LogP contribution >= 0.6 is 0 Å². The van der Waals surface area contributed by atoms with Crippen LogP contribution in [0.5, 0.6) is 0 Å². The number of rotatable bonds is 2. The molecule has 0 amide bonds. The Bertz CT molecular complexity index is 428. The van der Waals surface area contributed by atoms with Gasteiger partial charge in [-0.2, -0.15) is 0 Å². The second kappa shape index (κ2) is 3.91. The zero-order chi connectivity index (χ0) is 11.0. The molecular formula is C13H16N2O. The van der Waals surface area contributed by atoms with Crippen molar-refractivity contribution in [1.29, 1.82) is 0 Å². The third-order valence-electron chi connectivity index (χ3n) is 3.50. The van der Waals surface area contributed by atoms with Crippen molar-refractivity contribution in [2.45, 2.75) is 24.9 Å². The second-order valence-corrected chi connectivity index (χ2v) is 4.54. The van der Waals surface area contributed by atoms with Gasteiger partial charge in [-0.1, -0.05) is 24.3 Å². The highest BCUT2D eigenvalue weighted by Crippen LogP contribution is 2.35. The molecule has 84 valence electrons. The summed E-state index contributed by atoms with van der Waals surface area (Å²) in [6, 6.07) is 8.33. The fraction of sp³-hybridized carbons (Fsp3) is 0.462. The Kier molecular flexibility index (Phi) is 2.40. The molecule has 0 aromatic heterocycles. The van der Waals surface area contributed by atoms with Gasteiger partial charge in [0.1, 0.15) is 0 Å². The molecule has 2 atom stereocenters. The average molecular weight is 216 g/mol. The molecule has 0 fully saturated rings. The number of aliphatic imine (C=N–C) groups is 1. The maximum Gasteiger partial charge on any atom is 0.0971 e. The predicted molar refractivity (Wildman–Crippen MR) is 63.8 cm³/mol. The number of aliphatic hydroxyl groups is 1. The van der Waals surface area contributed by atoms with Crippen LogP contribution in [-0.2, 0) is 6.42 Å². The van der Waals surface area contributed by atoms with Crippen molar-refractivity contribution in [1.82, 2.24) is 5.32 Å². The summed E-state index contributed by atoms with van der Waals surface area (Å²) in [6.07, 6.45) is 1.38. The average Bonchev–Trinajstić information content (AvgIpc) is 2.89. The second-order valence-electron chi connectivity index (χ2n) is 4.54. The molecule has 3 nitrogen and oxygen atoms in total. The quantitative estimate of drug-likeness (QED) is 0.777. The van der Waals surface area contributed by atoms with E-state index in [9.17, 15) is 5.11 Å². The van der Waals surface area contributed by atoms with E-state index in [2.05, 4.69) is 22.4 Å². The SMILES string of the molecule is O[C@@H]1Cc2ccccc2[C@H]1CC1=NCCN1. The summed E-state index contributed by atoms with van der Waals surface area (Å²) in [4.78, 5) is 4.40. The normalized spacial score (nSPS) is 27.4. The Labute approximate surface area is 95.2 Å². The van der Waals surface area contributed by atoms with Crippen molar-refractivity contribution >= 4 is 5.84 Å². The number of aliphatic hydroxyl groups excluding tert-OH is 1. The smallest absolute Gasteiger partial charge is 0.0971 e. The Morgan fingerprint density at radius 3 is 3.06 bits per heavy atom. The summed E-state index contributed by atoms with van der Waals surface area (Å²) in [6.45, 7) is 1.82. The van der Waals surface area contributed by atoms with Crippen LogP contribution in [0.3, 0.4) is 0 Å². The summed E-state index contributed by atoms with van der Waals surface area (Å²) in [5.41, 5.74) is 2.59. The highest BCUT2D eigenvalue weighted by Gasteiger charge is 2.31. The van der Waals surface area contributed by atoms with Gasteiger partial charge in [0.25, 0.3) is 0 Å². The first-order valence-corrected chi connectivity index (χ1v) is 5.87. The van der Waals surface area contributed by atoms with Crippen molar-refractivity contribution in [2.75, 3.05) is 13.1 Å². The number of nitrogens with zero attached hydrogens (tertiary/aromatic N) is 1. The van der Waals surface area contributed by atoms with Gasteiger partial charge < -0.3 is 10.4 Å². The van der Waals surface area contributed by atoms with Gasteiger partial charge in [0.15, 0.2) is 0 Å². The van der Waals surface area contributed by atoms with Crippen LogP contribution in [0.15, 0.2) is 29.3 Å². The maximum atomic E-state index is 10.1. The molecule has 3 heteroatoms. The van der Waals surface area contributed by atoms with Gasteiger partial charge in [0.05, 0.1) is 18.5 Å². The molecule has 2 N–H and O–H groups in total. The molecule has 0 saturated carbocycles. The van der Waals surface area contributed by atoms with E-state index in [4.69, 9.17) is 0 Å². The van der Waals surface area contributed by atoms with Gasteiger partial charge in [-0.3, -0.25) is 4.99 Å². The van der Waals surface area contributed by atoms with E-state index in [1.807, 2.05) is 12.1 Å². The molecule has 1 aliphatic carbocycles. The summed E-state index contributed by atoms with van der Waals surface area (Å²) in [7, 11) is 0. The Morgan fingerprint density at radius 2 is 2.25 bits per heavy atom. The van der Waals surface area contributed by atoms with Crippen LogP contribution in [0.4, 0.5) is 0 Å². The fourth-order valence-corrected chi connectivity index (χ4v) is 2.69. The summed E-state index contributed by atoms with van der Waals surface area (Å²) in [5, 5.41) is 13.4. The van der Waals surface area contributed by atoms with E-state index in [0.29, 0.717) is 0 Å². The van der Waals surface area contributed by atoms with E-state index in [0.717, 1.165) is 31.8 Å². The minimum Gasteiger partial charge on any atom is -0.392 e. The Morgan fingerprint density at radius 1 is 1.38 bits per heavy atom. The van der Waals surface area contributed by atoms with Gasteiger partial charge in [0.2, 0.25) is 0 Å². The highest BCUT2D eigenvalue weighted by atomic mass is 16.3. The third kappa shape index (κ3) is 1.61. The molecule has 1 heterocycles. The van der Waals surface area contributed by atoms with Crippen LogP contribution in [-0.4, -0.2) is 30.1 Å². The zero-order valence-electron chi connectivity index (χ0n) is 9.19. The molecule has 1 aromatic carbocycles. The minimum absolute atomic E-state index is 0.223. The zero-order valence-corrected chi connectivity index (χ0v) is 9.19. The first kappa shape index (κ1) is 9.85. The number of benzene rings is 1. The van der Waals surface area contributed by atoms with Gasteiger partial charge in [-0.15, -0.1) is 0 Å². The summed E-state index contributed by atoms with van der Waals surface area (Å²) >= 11 is 0. The van der Waals surface area contributed by atoms with Crippen molar-refractivity contribution < 1.29 is 5.11 Å².